The van der Waals surface area contributed by atoms with Crippen LogP contribution in [-0.4, -0.2) is 30.2 Å². The van der Waals surface area contributed by atoms with Crippen LogP contribution < -0.4 is 14.9 Å². The molecule has 0 fully saturated rings. The van der Waals surface area contributed by atoms with Crippen LogP contribution in [0.25, 0.3) is 0 Å². The zero-order valence-corrected chi connectivity index (χ0v) is 15.3. The molecule has 0 saturated heterocycles. The fourth-order valence-corrected chi connectivity index (χ4v) is 2.33. The molecule has 0 aliphatic heterocycles. The summed E-state index contributed by atoms with van der Waals surface area (Å²) >= 11 is 0. The molecule has 1 N–H and O–H groups in total. The molecule has 0 radical (unpaired) electrons. The summed E-state index contributed by atoms with van der Waals surface area (Å²) in [7, 11) is 1.43. The molecule has 1 heterocycles. The second-order valence-corrected chi connectivity index (χ2v) is 5.74. The van der Waals surface area contributed by atoms with Gasteiger partial charge in [-0.2, -0.15) is 5.10 Å². The Labute approximate surface area is 165 Å². The van der Waals surface area contributed by atoms with Crippen molar-refractivity contribution in [1.29, 1.82) is 0 Å². The summed E-state index contributed by atoms with van der Waals surface area (Å²) in [4.78, 5) is 28.0. The van der Waals surface area contributed by atoms with Gasteiger partial charge in [-0.25, -0.2) is 14.6 Å². The van der Waals surface area contributed by atoms with Gasteiger partial charge in [0.2, 0.25) is 0 Å². The van der Waals surface area contributed by atoms with Gasteiger partial charge >= 0.3 is 5.97 Å². The number of hydrogen-bond acceptors (Lipinski definition) is 6. The highest BCUT2D eigenvalue weighted by atomic mass is 19.1. The number of methoxy groups -OCH3 is 1. The van der Waals surface area contributed by atoms with Crippen LogP contribution in [0, 0.1) is 5.82 Å². The monoisotopic (exact) mass is 393 g/mol. The molecule has 0 aliphatic rings. The lowest BCUT2D eigenvalue weighted by molar-refractivity contribution is 0.0729. The lowest BCUT2D eigenvalue weighted by Gasteiger charge is -2.10. The molecule has 3 rings (SSSR count). The Morgan fingerprint density at radius 3 is 2.41 bits per heavy atom. The maximum absolute atomic E-state index is 13.0. The van der Waals surface area contributed by atoms with Crippen LogP contribution in [0.15, 0.2) is 72.1 Å². The first kappa shape index (κ1) is 19.7. The highest BCUT2D eigenvalue weighted by molar-refractivity contribution is 5.95. The van der Waals surface area contributed by atoms with E-state index in [9.17, 15) is 14.0 Å². The molecular weight excluding hydrogens is 377 g/mol. The van der Waals surface area contributed by atoms with Crippen molar-refractivity contribution in [2.45, 2.75) is 0 Å². The highest BCUT2D eigenvalue weighted by Crippen LogP contribution is 2.28. The van der Waals surface area contributed by atoms with E-state index in [2.05, 4.69) is 15.5 Å². The van der Waals surface area contributed by atoms with E-state index in [1.165, 1.54) is 56.0 Å². The van der Waals surface area contributed by atoms with Crippen molar-refractivity contribution >= 4 is 18.1 Å². The average molecular weight is 393 g/mol. The topological polar surface area (TPSA) is 89.9 Å². The van der Waals surface area contributed by atoms with E-state index < -0.39 is 11.8 Å². The first-order valence-corrected chi connectivity index (χ1v) is 8.46. The predicted molar refractivity (Wildman–Crippen MR) is 104 cm³/mol. The van der Waals surface area contributed by atoms with Crippen LogP contribution in [0.4, 0.5) is 4.39 Å². The molecule has 1 amide bonds. The molecule has 0 bridgehead atoms. The molecule has 8 heteroatoms. The zero-order valence-electron chi connectivity index (χ0n) is 15.3. The van der Waals surface area contributed by atoms with Crippen molar-refractivity contribution in [3.8, 4) is 11.5 Å². The maximum atomic E-state index is 13.0. The summed E-state index contributed by atoms with van der Waals surface area (Å²) in [5.74, 6) is -0.974. The Kier molecular flexibility index (Phi) is 6.26. The smallest absolute Gasteiger partial charge is 0.343 e. The van der Waals surface area contributed by atoms with E-state index in [1.54, 1.807) is 24.3 Å². The van der Waals surface area contributed by atoms with Crippen molar-refractivity contribution in [3.63, 3.8) is 0 Å². The molecule has 146 valence electrons. The van der Waals surface area contributed by atoms with E-state index in [1.807, 2.05) is 0 Å². The molecule has 2 aromatic carbocycles. The van der Waals surface area contributed by atoms with Gasteiger partial charge in [-0.15, -0.1) is 0 Å². The number of pyridine rings is 1. The minimum absolute atomic E-state index is 0.194. The Bertz CT molecular complexity index is 1040. The van der Waals surface area contributed by atoms with Crippen LogP contribution >= 0.6 is 0 Å². The molecule has 0 unspecified atom stereocenters. The van der Waals surface area contributed by atoms with Crippen LogP contribution in [0.5, 0.6) is 11.5 Å². The third kappa shape index (κ3) is 5.23. The van der Waals surface area contributed by atoms with Crippen molar-refractivity contribution < 1.29 is 23.5 Å². The Balaban J connectivity index is 1.67. The summed E-state index contributed by atoms with van der Waals surface area (Å²) in [6.45, 7) is 0. The molecule has 29 heavy (non-hydrogen) atoms. The lowest BCUT2D eigenvalue weighted by atomic mass is 10.2. The fourth-order valence-electron chi connectivity index (χ4n) is 2.33. The molecule has 3 aromatic rings. The van der Waals surface area contributed by atoms with E-state index >= 15 is 0 Å². The van der Waals surface area contributed by atoms with E-state index in [-0.39, 0.29) is 17.2 Å². The number of nitrogens with zero attached hydrogens (tertiary/aromatic N) is 2. The lowest BCUT2D eigenvalue weighted by Crippen LogP contribution is -2.17. The molecular formula is C21H16FN3O4. The number of carbonyl (C=O) groups excluding carboxylic acids is 2. The number of esters is 1. The number of carbonyl (C=O) groups is 2. The van der Waals surface area contributed by atoms with Crippen molar-refractivity contribution in [1.82, 2.24) is 10.4 Å². The number of benzene rings is 2. The third-order valence-corrected chi connectivity index (χ3v) is 3.79. The van der Waals surface area contributed by atoms with Gasteiger partial charge in [0.25, 0.3) is 5.91 Å². The minimum Gasteiger partial charge on any atom is -0.493 e. The van der Waals surface area contributed by atoms with Crippen LogP contribution in [0.3, 0.4) is 0 Å². The second kappa shape index (κ2) is 9.23. The van der Waals surface area contributed by atoms with E-state index in [0.717, 1.165) is 0 Å². The Hall–Kier alpha value is -4.07. The number of nitrogens with one attached hydrogen (secondary N) is 1. The normalized spacial score (nSPS) is 10.6. The molecule has 7 nitrogen and oxygen atoms in total. The van der Waals surface area contributed by atoms with Gasteiger partial charge in [0.15, 0.2) is 11.5 Å². The predicted octanol–water partition coefficient (Wildman–Crippen LogP) is 3.21. The van der Waals surface area contributed by atoms with Crippen molar-refractivity contribution in [3.05, 3.63) is 89.5 Å². The van der Waals surface area contributed by atoms with E-state index in [0.29, 0.717) is 16.9 Å². The van der Waals surface area contributed by atoms with Gasteiger partial charge in [-0.05, 0) is 60.2 Å². The summed E-state index contributed by atoms with van der Waals surface area (Å²) in [5.41, 5.74) is 3.65. The number of hydrogen-bond donors (Lipinski definition) is 1. The van der Waals surface area contributed by atoms with Crippen LogP contribution in [0.2, 0.25) is 0 Å². The number of aromatic nitrogens is 1. The van der Waals surface area contributed by atoms with Crippen molar-refractivity contribution in [2.75, 3.05) is 7.11 Å². The zero-order chi connectivity index (χ0) is 20.6. The molecule has 0 spiro atoms. The van der Waals surface area contributed by atoms with Gasteiger partial charge in [-0.1, -0.05) is 0 Å². The summed E-state index contributed by atoms with van der Waals surface area (Å²) in [6.07, 6.45) is 4.44. The highest BCUT2D eigenvalue weighted by Gasteiger charge is 2.13. The Morgan fingerprint density at radius 2 is 1.72 bits per heavy atom. The van der Waals surface area contributed by atoms with Crippen LogP contribution in [0.1, 0.15) is 26.3 Å². The van der Waals surface area contributed by atoms with Gasteiger partial charge in [0, 0.05) is 18.0 Å². The summed E-state index contributed by atoms with van der Waals surface area (Å²) in [6, 6.07) is 12.9. The van der Waals surface area contributed by atoms with Crippen molar-refractivity contribution in [2.24, 2.45) is 5.10 Å². The first-order chi connectivity index (χ1) is 14.1. The average Bonchev–Trinajstić information content (AvgIpc) is 2.75. The largest absolute Gasteiger partial charge is 0.493 e. The number of amides is 1. The SMILES string of the molecule is COc1cc(C=NNC(=O)c2ccncc2)ccc1OC(=O)c1ccc(F)cc1. The van der Waals surface area contributed by atoms with Gasteiger partial charge in [0.05, 0.1) is 18.9 Å². The number of hydrazone groups is 1. The fraction of sp³-hybridized carbons (Fsp3) is 0.0476. The van der Waals surface area contributed by atoms with E-state index in [4.69, 9.17) is 9.47 Å². The Morgan fingerprint density at radius 1 is 1.00 bits per heavy atom. The third-order valence-electron chi connectivity index (χ3n) is 3.79. The number of halogens is 1. The molecule has 0 saturated carbocycles. The van der Waals surface area contributed by atoms with Gasteiger partial charge in [0.1, 0.15) is 5.82 Å². The van der Waals surface area contributed by atoms with Gasteiger partial charge in [-0.3, -0.25) is 9.78 Å². The van der Waals surface area contributed by atoms with Gasteiger partial charge < -0.3 is 9.47 Å². The number of rotatable bonds is 6. The molecule has 1 aromatic heterocycles. The molecule has 0 atom stereocenters. The molecule has 0 aliphatic carbocycles. The standard InChI is InChI=1S/C21H16FN3O4/c1-28-19-12-14(13-24-25-20(26)15-8-10-23-11-9-15)2-7-18(19)29-21(27)16-3-5-17(22)6-4-16/h2-13H,1H3,(H,25,26). The first-order valence-electron chi connectivity index (χ1n) is 8.46. The number of ether oxygens (including phenoxy) is 2. The van der Waals surface area contributed by atoms with Crippen LogP contribution in [-0.2, 0) is 0 Å². The maximum Gasteiger partial charge on any atom is 0.343 e. The summed E-state index contributed by atoms with van der Waals surface area (Å²) in [5, 5.41) is 3.90. The quantitative estimate of drug-likeness (QED) is 0.301. The minimum atomic E-state index is -0.644. The second-order valence-electron chi connectivity index (χ2n) is 5.74. The summed E-state index contributed by atoms with van der Waals surface area (Å²) < 4.78 is 23.5.